The van der Waals surface area contributed by atoms with E-state index in [1.807, 2.05) is 0 Å². The van der Waals surface area contributed by atoms with Gasteiger partial charge in [0.05, 0.1) is 33.9 Å². The molecule has 5 aromatic rings. The highest BCUT2D eigenvalue weighted by molar-refractivity contribution is 7.13. The SMILES string of the molecule is Cc1nc(-n2cccn2)c(Cl)cc1NC(=O)c1cnn(-c2cccc3nnsc23)c1C(F)(F)F. The molecule has 0 fully saturated rings. The Labute approximate surface area is 198 Å². The number of aromatic nitrogens is 7. The monoisotopic (exact) mass is 504 g/mol. The summed E-state index contributed by atoms with van der Waals surface area (Å²) < 4.78 is 48.6. The van der Waals surface area contributed by atoms with Crippen molar-refractivity contribution in [2.24, 2.45) is 0 Å². The predicted molar refractivity (Wildman–Crippen MR) is 119 cm³/mol. The molecule has 1 N–H and O–H groups in total. The molecule has 0 unspecified atom stereocenters. The van der Waals surface area contributed by atoms with Crippen LogP contribution in [0.1, 0.15) is 21.7 Å². The van der Waals surface area contributed by atoms with E-state index in [2.05, 4.69) is 30.1 Å². The third-order valence-electron chi connectivity index (χ3n) is 4.88. The van der Waals surface area contributed by atoms with Crippen molar-refractivity contribution < 1.29 is 18.0 Å². The van der Waals surface area contributed by atoms with E-state index < -0.39 is 23.3 Å². The number of benzene rings is 1. The average Bonchev–Trinajstić information content (AvgIpc) is 3.55. The number of fused-ring (bicyclic) bond motifs is 1. The lowest BCUT2D eigenvalue weighted by Gasteiger charge is -2.14. The van der Waals surface area contributed by atoms with Crippen molar-refractivity contribution in [3.63, 3.8) is 0 Å². The van der Waals surface area contributed by atoms with Crippen LogP contribution in [0.15, 0.2) is 48.9 Å². The van der Waals surface area contributed by atoms with Crippen molar-refractivity contribution in [2.45, 2.75) is 13.1 Å². The number of halogens is 4. The van der Waals surface area contributed by atoms with E-state index in [-0.39, 0.29) is 16.4 Å². The molecule has 0 aliphatic rings. The molecule has 0 aliphatic carbocycles. The molecule has 1 aromatic carbocycles. The molecule has 14 heteroatoms. The summed E-state index contributed by atoms with van der Waals surface area (Å²) in [4.78, 5) is 17.3. The summed E-state index contributed by atoms with van der Waals surface area (Å²) >= 11 is 7.21. The van der Waals surface area contributed by atoms with Gasteiger partial charge in [-0.2, -0.15) is 23.4 Å². The molecule has 5 rings (SSSR count). The van der Waals surface area contributed by atoms with Gasteiger partial charge in [0.2, 0.25) is 0 Å². The van der Waals surface area contributed by atoms with Gasteiger partial charge in [0.15, 0.2) is 11.5 Å². The van der Waals surface area contributed by atoms with Gasteiger partial charge in [-0.15, -0.1) is 5.10 Å². The molecule has 0 atom stereocenters. The topological polar surface area (TPSA) is 103 Å². The summed E-state index contributed by atoms with van der Waals surface area (Å²) in [6.45, 7) is 1.59. The van der Waals surface area contributed by atoms with Gasteiger partial charge in [-0.25, -0.2) is 14.3 Å². The highest BCUT2D eigenvalue weighted by Gasteiger charge is 2.41. The van der Waals surface area contributed by atoms with Gasteiger partial charge in [0, 0.05) is 12.4 Å². The van der Waals surface area contributed by atoms with E-state index in [0.717, 1.165) is 17.7 Å². The minimum absolute atomic E-state index is 0.114. The Hall–Kier alpha value is -3.84. The number of rotatable bonds is 4. The number of amides is 1. The molecule has 9 nitrogen and oxygen atoms in total. The summed E-state index contributed by atoms with van der Waals surface area (Å²) in [5.41, 5.74) is -0.858. The molecular formula is C20H12ClF3N8OS. The second kappa shape index (κ2) is 8.18. The Balaban J connectivity index is 1.54. The number of nitrogens with zero attached hydrogens (tertiary/aromatic N) is 7. The number of nitrogens with one attached hydrogen (secondary N) is 1. The van der Waals surface area contributed by atoms with E-state index in [1.54, 1.807) is 37.5 Å². The smallest absolute Gasteiger partial charge is 0.320 e. The van der Waals surface area contributed by atoms with Crippen LogP contribution in [0.2, 0.25) is 5.02 Å². The molecule has 34 heavy (non-hydrogen) atoms. The van der Waals surface area contributed by atoms with Gasteiger partial charge >= 0.3 is 6.18 Å². The van der Waals surface area contributed by atoms with E-state index in [1.165, 1.54) is 16.8 Å². The summed E-state index contributed by atoms with van der Waals surface area (Å²) in [5, 5.41) is 14.4. The van der Waals surface area contributed by atoms with E-state index >= 15 is 0 Å². The number of pyridine rings is 1. The molecule has 0 aliphatic heterocycles. The number of carbonyl (C=O) groups is 1. The molecule has 0 saturated heterocycles. The first kappa shape index (κ1) is 22.0. The minimum Gasteiger partial charge on any atom is -0.320 e. The summed E-state index contributed by atoms with van der Waals surface area (Å²) in [5.74, 6) is -0.696. The zero-order valence-corrected chi connectivity index (χ0v) is 18.7. The van der Waals surface area contributed by atoms with Gasteiger partial charge in [-0.1, -0.05) is 22.2 Å². The minimum atomic E-state index is -4.88. The summed E-state index contributed by atoms with van der Waals surface area (Å²) in [6.07, 6.45) is -0.830. The predicted octanol–water partition coefficient (Wildman–Crippen LogP) is 4.69. The lowest BCUT2D eigenvalue weighted by molar-refractivity contribution is -0.143. The molecular weight excluding hydrogens is 493 g/mol. The fourth-order valence-electron chi connectivity index (χ4n) is 3.37. The Morgan fingerprint density at radius 1 is 1.21 bits per heavy atom. The zero-order valence-electron chi connectivity index (χ0n) is 17.1. The summed E-state index contributed by atoms with van der Waals surface area (Å²) in [6, 6.07) is 7.70. The van der Waals surface area contributed by atoms with Crippen molar-refractivity contribution >= 4 is 44.9 Å². The van der Waals surface area contributed by atoms with Crippen LogP contribution in [-0.2, 0) is 6.18 Å². The highest BCUT2D eigenvalue weighted by atomic mass is 35.5. The van der Waals surface area contributed by atoms with E-state index in [9.17, 15) is 18.0 Å². The maximum absolute atomic E-state index is 14.1. The van der Waals surface area contributed by atoms with Crippen LogP contribution in [0, 0.1) is 6.92 Å². The van der Waals surface area contributed by atoms with Crippen molar-refractivity contribution in [3.8, 4) is 11.5 Å². The maximum Gasteiger partial charge on any atom is 0.434 e. The molecule has 0 radical (unpaired) electrons. The number of alkyl halides is 3. The zero-order chi connectivity index (χ0) is 24.0. The largest absolute Gasteiger partial charge is 0.434 e. The first-order chi connectivity index (χ1) is 16.2. The number of hydrogen-bond donors (Lipinski definition) is 1. The quantitative estimate of drug-likeness (QED) is 0.381. The number of anilines is 1. The molecule has 4 heterocycles. The Morgan fingerprint density at radius 2 is 2.03 bits per heavy atom. The number of carbonyl (C=O) groups excluding carboxylic acids is 1. The van der Waals surface area contributed by atoms with Crippen LogP contribution < -0.4 is 5.32 Å². The Bertz CT molecular complexity index is 1530. The molecule has 172 valence electrons. The normalized spacial score (nSPS) is 11.8. The molecule has 0 bridgehead atoms. The first-order valence-electron chi connectivity index (χ1n) is 9.59. The third kappa shape index (κ3) is 3.78. The molecule has 0 saturated carbocycles. The van der Waals surface area contributed by atoms with Crippen molar-refractivity contribution in [2.75, 3.05) is 5.32 Å². The van der Waals surface area contributed by atoms with Gasteiger partial charge < -0.3 is 5.32 Å². The van der Waals surface area contributed by atoms with Crippen LogP contribution in [-0.4, -0.2) is 40.0 Å². The van der Waals surface area contributed by atoms with Crippen molar-refractivity contribution in [1.29, 1.82) is 0 Å². The number of hydrogen-bond acceptors (Lipinski definition) is 7. The Kier molecular flexibility index (Phi) is 5.29. The van der Waals surface area contributed by atoms with Gasteiger partial charge in [0.25, 0.3) is 5.91 Å². The second-order valence-corrected chi connectivity index (χ2v) is 8.21. The van der Waals surface area contributed by atoms with Gasteiger partial charge in [-0.05, 0) is 42.7 Å². The van der Waals surface area contributed by atoms with Crippen LogP contribution in [0.4, 0.5) is 18.9 Å². The van der Waals surface area contributed by atoms with E-state index in [0.29, 0.717) is 26.4 Å². The van der Waals surface area contributed by atoms with Gasteiger partial charge in [0.1, 0.15) is 10.2 Å². The summed E-state index contributed by atoms with van der Waals surface area (Å²) in [7, 11) is 0. The first-order valence-corrected chi connectivity index (χ1v) is 10.7. The van der Waals surface area contributed by atoms with E-state index in [4.69, 9.17) is 11.6 Å². The average molecular weight is 505 g/mol. The fraction of sp³-hybridized carbons (Fsp3) is 0.100. The number of aryl methyl sites for hydroxylation is 1. The second-order valence-electron chi connectivity index (χ2n) is 7.05. The standard InChI is InChI=1S/C20H12ClF3N8OS/c1-10-14(8-12(21)18(27-10)31-7-3-6-25-31)28-19(33)11-9-26-32(17(11)20(22,23)24)15-5-2-4-13-16(15)34-30-29-13/h2-9H,1H3,(H,28,33). The van der Waals surface area contributed by atoms with Crippen molar-refractivity contribution in [1.82, 2.24) is 34.1 Å². The lowest BCUT2D eigenvalue weighted by atomic mass is 10.2. The van der Waals surface area contributed by atoms with Gasteiger partial charge in [-0.3, -0.25) is 4.79 Å². The van der Waals surface area contributed by atoms with Crippen LogP contribution >= 0.6 is 23.1 Å². The van der Waals surface area contributed by atoms with Crippen LogP contribution in [0.3, 0.4) is 0 Å². The maximum atomic E-state index is 14.1. The highest BCUT2D eigenvalue weighted by Crippen LogP contribution is 2.36. The van der Waals surface area contributed by atoms with Crippen LogP contribution in [0.5, 0.6) is 0 Å². The molecule has 0 spiro atoms. The Morgan fingerprint density at radius 3 is 2.76 bits per heavy atom. The molecule has 4 aromatic heterocycles. The third-order valence-corrected chi connectivity index (χ3v) is 5.92. The fourth-order valence-corrected chi connectivity index (χ4v) is 4.27. The lowest BCUT2D eigenvalue weighted by Crippen LogP contribution is -2.21. The van der Waals surface area contributed by atoms with Crippen LogP contribution in [0.25, 0.3) is 21.7 Å². The molecule has 1 amide bonds. The van der Waals surface area contributed by atoms with Crippen molar-refractivity contribution in [3.05, 3.63) is 70.9 Å².